The molecule has 0 radical (unpaired) electrons. The van der Waals surface area contributed by atoms with E-state index in [0.29, 0.717) is 5.95 Å². The molecule has 1 fully saturated rings. The monoisotopic (exact) mass is 297 g/mol. The predicted molar refractivity (Wildman–Crippen MR) is 91.5 cm³/mol. The van der Waals surface area contributed by atoms with Crippen molar-refractivity contribution in [1.82, 2.24) is 9.66 Å². The quantitative estimate of drug-likeness (QED) is 0.886. The summed E-state index contributed by atoms with van der Waals surface area (Å²) in [7, 11) is 0. The first-order valence-electron chi connectivity index (χ1n) is 7.93. The predicted octanol–water partition coefficient (Wildman–Crippen LogP) is 3.04. The number of hydrogen-bond donors (Lipinski definition) is 1. The molecule has 3 rings (SSSR count). The number of benzene rings is 1. The fourth-order valence-corrected chi connectivity index (χ4v) is 2.83. The topological polar surface area (TPSA) is 59.4 Å². The zero-order valence-corrected chi connectivity index (χ0v) is 13.1. The number of aryl methyl sites for hydroxylation is 1. The van der Waals surface area contributed by atoms with Crippen LogP contribution in [0.2, 0.25) is 0 Å². The Labute approximate surface area is 131 Å². The van der Waals surface area contributed by atoms with E-state index in [4.69, 9.17) is 5.73 Å². The molecule has 0 aliphatic carbocycles. The summed E-state index contributed by atoms with van der Waals surface area (Å²) in [6.07, 6.45) is 8.92. The van der Waals surface area contributed by atoms with Crippen LogP contribution in [0.1, 0.15) is 36.9 Å². The van der Waals surface area contributed by atoms with Gasteiger partial charge in [-0.15, -0.1) is 0 Å². The summed E-state index contributed by atoms with van der Waals surface area (Å²) < 4.78 is 1.60. The van der Waals surface area contributed by atoms with Gasteiger partial charge >= 0.3 is 0 Å². The Morgan fingerprint density at radius 3 is 2.36 bits per heavy atom. The average Bonchev–Trinajstić information content (AvgIpc) is 2.72. The highest BCUT2D eigenvalue weighted by atomic mass is 15.4. The van der Waals surface area contributed by atoms with Gasteiger partial charge < -0.3 is 10.6 Å². The number of nitrogens with two attached hydrogens (primary N) is 1. The third-order valence-electron chi connectivity index (χ3n) is 4.03. The van der Waals surface area contributed by atoms with Crippen LogP contribution >= 0.6 is 0 Å². The van der Waals surface area contributed by atoms with Gasteiger partial charge in [0.25, 0.3) is 0 Å². The van der Waals surface area contributed by atoms with Crippen molar-refractivity contribution >= 4 is 17.9 Å². The van der Waals surface area contributed by atoms with Crippen LogP contribution in [0.25, 0.3) is 0 Å². The number of aromatic nitrogens is 2. The zero-order chi connectivity index (χ0) is 15.4. The maximum Gasteiger partial charge on any atom is 0.221 e. The van der Waals surface area contributed by atoms with E-state index >= 15 is 0 Å². The second kappa shape index (κ2) is 6.64. The molecule has 1 aromatic carbocycles. The minimum absolute atomic E-state index is 0.412. The third-order valence-corrected chi connectivity index (χ3v) is 4.03. The molecule has 1 aliphatic heterocycles. The van der Waals surface area contributed by atoms with Crippen LogP contribution in [-0.2, 0) is 0 Å². The number of hydrogen-bond acceptors (Lipinski definition) is 4. The fourth-order valence-electron chi connectivity index (χ4n) is 2.83. The first kappa shape index (κ1) is 14.6. The van der Waals surface area contributed by atoms with Gasteiger partial charge in [-0.3, -0.25) is 0 Å². The minimum atomic E-state index is 0.412. The normalized spacial score (nSPS) is 16.1. The van der Waals surface area contributed by atoms with E-state index in [1.165, 1.54) is 31.4 Å². The Morgan fingerprint density at radius 2 is 1.77 bits per heavy atom. The van der Waals surface area contributed by atoms with Crippen molar-refractivity contribution < 1.29 is 0 Å². The maximum absolute atomic E-state index is 5.77. The lowest BCUT2D eigenvalue weighted by Crippen LogP contribution is -2.23. The third kappa shape index (κ3) is 3.47. The smallest absolute Gasteiger partial charge is 0.221 e. The lowest BCUT2D eigenvalue weighted by Gasteiger charge is -2.22. The summed E-state index contributed by atoms with van der Waals surface area (Å²) in [4.78, 5) is 6.61. The summed E-state index contributed by atoms with van der Waals surface area (Å²) in [6, 6.07) is 8.55. The van der Waals surface area contributed by atoms with E-state index in [-0.39, 0.29) is 0 Å². The van der Waals surface area contributed by atoms with Gasteiger partial charge in [-0.2, -0.15) is 5.10 Å². The van der Waals surface area contributed by atoms with Crippen LogP contribution in [0.4, 0.5) is 11.6 Å². The van der Waals surface area contributed by atoms with Crippen molar-refractivity contribution in [1.29, 1.82) is 0 Å². The molecule has 1 aliphatic rings. The molecule has 0 amide bonds. The van der Waals surface area contributed by atoms with E-state index in [2.05, 4.69) is 39.3 Å². The summed E-state index contributed by atoms with van der Waals surface area (Å²) in [5.74, 6) is 0.412. The number of nitrogens with zero attached hydrogens (tertiary/aromatic N) is 4. The van der Waals surface area contributed by atoms with Crippen molar-refractivity contribution in [3.63, 3.8) is 0 Å². The molecule has 0 spiro atoms. The van der Waals surface area contributed by atoms with Crippen LogP contribution < -0.4 is 10.6 Å². The van der Waals surface area contributed by atoms with E-state index in [1.807, 2.05) is 19.3 Å². The van der Waals surface area contributed by atoms with Crippen LogP contribution in [0, 0.1) is 6.92 Å². The molecule has 5 heteroatoms. The van der Waals surface area contributed by atoms with Crippen LogP contribution in [0.5, 0.6) is 0 Å². The fraction of sp³-hybridized carbons (Fsp3) is 0.412. The van der Waals surface area contributed by atoms with Gasteiger partial charge in [-0.05, 0) is 37.5 Å². The molecular weight excluding hydrogens is 274 g/mol. The standard InChI is InChI=1S/C17H23N5/c1-14-13-22(17(18)20-14)19-12-15-6-8-16(9-7-15)21-10-4-2-3-5-11-21/h6-9,12-13H,2-5,10-11H2,1H3,(H2,18,20). The Kier molecular flexibility index (Phi) is 4.42. The van der Waals surface area contributed by atoms with Crippen molar-refractivity contribution in [3.05, 3.63) is 41.7 Å². The van der Waals surface area contributed by atoms with Gasteiger partial charge in [0.05, 0.1) is 18.1 Å². The summed E-state index contributed by atoms with van der Waals surface area (Å²) in [5, 5.41) is 4.34. The van der Waals surface area contributed by atoms with E-state index in [9.17, 15) is 0 Å². The van der Waals surface area contributed by atoms with Crippen LogP contribution in [0.3, 0.4) is 0 Å². The Bertz CT molecular complexity index is 634. The molecule has 22 heavy (non-hydrogen) atoms. The average molecular weight is 297 g/mol. The molecule has 116 valence electrons. The minimum Gasteiger partial charge on any atom is -0.372 e. The molecule has 1 saturated heterocycles. The summed E-state index contributed by atoms with van der Waals surface area (Å²) in [5.41, 5.74) is 9.00. The summed E-state index contributed by atoms with van der Waals surface area (Å²) in [6.45, 7) is 4.23. The molecule has 0 atom stereocenters. The first-order valence-corrected chi connectivity index (χ1v) is 7.93. The van der Waals surface area contributed by atoms with Gasteiger partial charge in [-0.25, -0.2) is 9.66 Å². The molecule has 0 bridgehead atoms. The Hall–Kier alpha value is -2.30. The molecule has 2 heterocycles. The highest BCUT2D eigenvalue weighted by Crippen LogP contribution is 2.19. The van der Waals surface area contributed by atoms with Gasteiger partial charge in [0.2, 0.25) is 5.95 Å². The van der Waals surface area contributed by atoms with Crippen LogP contribution in [0.15, 0.2) is 35.6 Å². The van der Waals surface area contributed by atoms with E-state index in [0.717, 1.165) is 24.3 Å². The second-order valence-electron chi connectivity index (χ2n) is 5.82. The highest BCUT2D eigenvalue weighted by molar-refractivity contribution is 5.80. The van der Waals surface area contributed by atoms with Gasteiger partial charge in [0, 0.05) is 18.8 Å². The Morgan fingerprint density at radius 1 is 1.09 bits per heavy atom. The van der Waals surface area contributed by atoms with Crippen molar-refractivity contribution in [2.24, 2.45) is 5.10 Å². The van der Waals surface area contributed by atoms with E-state index in [1.54, 1.807) is 4.68 Å². The van der Waals surface area contributed by atoms with Gasteiger partial charge in [-0.1, -0.05) is 25.0 Å². The van der Waals surface area contributed by atoms with Crippen molar-refractivity contribution in [2.45, 2.75) is 32.6 Å². The van der Waals surface area contributed by atoms with Crippen molar-refractivity contribution in [2.75, 3.05) is 23.7 Å². The number of imidazole rings is 1. The maximum atomic E-state index is 5.77. The molecule has 5 nitrogen and oxygen atoms in total. The first-order chi connectivity index (χ1) is 10.7. The molecule has 1 aromatic heterocycles. The SMILES string of the molecule is Cc1cn(N=Cc2ccc(N3CCCCCC3)cc2)c(N)n1. The lowest BCUT2D eigenvalue weighted by atomic mass is 10.2. The highest BCUT2D eigenvalue weighted by Gasteiger charge is 2.09. The summed E-state index contributed by atoms with van der Waals surface area (Å²) >= 11 is 0. The van der Waals surface area contributed by atoms with Crippen LogP contribution in [-0.4, -0.2) is 29.0 Å². The Balaban J connectivity index is 1.69. The molecule has 2 N–H and O–H groups in total. The molecule has 0 unspecified atom stereocenters. The zero-order valence-electron chi connectivity index (χ0n) is 13.1. The van der Waals surface area contributed by atoms with Crippen molar-refractivity contribution in [3.8, 4) is 0 Å². The second-order valence-corrected chi connectivity index (χ2v) is 5.82. The number of anilines is 2. The van der Waals surface area contributed by atoms with E-state index < -0.39 is 0 Å². The lowest BCUT2D eigenvalue weighted by molar-refractivity contribution is 0.726. The molecule has 2 aromatic rings. The number of nitrogen functional groups attached to an aromatic ring is 1. The molecule has 0 saturated carbocycles. The van der Waals surface area contributed by atoms with Gasteiger partial charge in [0.15, 0.2) is 0 Å². The number of rotatable bonds is 3. The van der Waals surface area contributed by atoms with Gasteiger partial charge in [0.1, 0.15) is 0 Å². The largest absolute Gasteiger partial charge is 0.372 e. The molecular formula is C17H23N5.